The summed E-state index contributed by atoms with van der Waals surface area (Å²) in [6, 6.07) is 10.5. The summed E-state index contributed by atoms with van der Waals surface area (Å²) in [4.78, 5) is 22.6. The van der Waals surface area contributed by atoms with Crippen molar-refractivity contribution in [2.45, 2.75) is 44.6 Å². The van der Waals surface area contributed by atoms with Gasteiger partial charge in [0.2, 0.25) is 15.9 Å². The van der Waals surface area contributed by atoms with Crippen LogP contribution in [0.1, 0.15) is 29.5 Å². The van der Waals surface area contributed by atoms with Gasteiger partial charge in [-0.2, -0.15) is 4.31 Å². The average molecular weight is 499 g/mol. The smallest absolute Gasteiger partial charge is 0.243 e. The number of hydrogen-bond donors (Lipinski definition) is 0. The van der Waals surface area contributed by atoms with Crippen LogP contribution in [0.4, 0.5) is 5.13 Å². The van der Waals surface area contributed by atoms with Crippen molar-refractivity contribution in [1.29, 1.82) is 0 Å². The van der Waals surface area contributed by atoms with E-state index in [2.05, 4.69) is 30.9 Å². The van der Waals surface area contributed by atoms with Gasteiger partial charge in [-0.1, -0.05) is 41.2 Å². The van der Waals surface area contributed by atoms with Crippen LogP contribution in [-0.2, 0) is 14.8 Å². The second kappa shape index (κ2) is 8.94. The van der Waals surface area contributed by atoms with Crippen LogP contribution < -0.4 is 4.90 Å². The lowest BCUT2D eigenvalue weighted by Gasteiger charge is -2.37. The lowest BCUT2D eigenvalue weighted by molar-refractivity contribution is -0.134. The largest absolute Gasteiger partial charge is 0.345 e. The number of carbonyl (C=O) groups excluding carboxylic acids is 1. The summed E-state index contributed by atoms with van der Waals surface area (Å²) >= 11 is 1.71. The van der Waals surface area contributed by atoms with Gasteiger partial charge in [-0.05, 0) is 56.9 Å². The van der Waals surface area contributed by atoms with Crippen LogP contribution in [0.3, 0.4) is 0 Å². The number of amides is 1. The number of aromatic nitrogens is 1. The van der Waals surface area contributed by atoms with E-state index in [1.165, 1.54) is 20.1 Å². The van der Waals surface area contributed by atoms with Gasteiger partial charge in [-0.25, -0.2) is 13.4 Å². The minimum absolute atomic E-state index is 0.0798. The van der Waals surface area contributed by atoms with E-state index in [9.17, 15) is 13.2 Å². The van der Waals surface area contributed by atoms with Crippen molar-refractivity contribution in [3.8, 4) is 0 Å². The molecule has 1 unspecified atom stereocenters. The summed E-state index contributed by atoms with van der Waals surface area (Å²) in [5.41, 5.74) is 4.47. The first-order valence-corrected chi connectivity index (χ1v) is 14.0. The van der Waals surface area contributed by atoms with E-state index in [0.717, 1.165) is 16.2 Å². The number of nitrogens with zero attached hydrogens (tertiary/aromatic N) is 4. The highest BCUT2D eigenvalue weighted by atomic mass is 32.2. The zero-order chi connectivity index (χ0) is 24.0. The van der Waals surface area contributed by atoms with Crippen molar-refractivity contribution >= 4 is 42.6 Å². The van der Waals surface area contributed by atoms with Gasteiger partial charge in [0.25, 0.3) is 0 Å². The molecule has 0 radical (unpaired) electrons. The summed E-state index contributed by atoms with van der Waals surface area (Å²) in [7, 11) is -3.70. The minimum atomic E-state index is -3.70. The fourth-order valence-corrected chi connectivity index (χ4v) is 7.65. The number of thiazole rings is 1. The predicted molar refractivity (Wildman–Crippen MR) is 136 cm³/mol. The second-order valence-electron chi connectivity index (χ2n) is 9.27. The van der Waals surface area contributed by atoms with Gasteiger partial charge < -0.3 is 9.80 Å². The maximum Gasteiger partial charge on any atom is 0.243 e. The first-order chi connectivity index (χ1) is 16.3. The lowest BCUT2D eigenvalue weighted by atomic mass is 10.1. The van der Waals surface area contributed by atoms with Crippen molar-refractivity contribution in [3.63, 3.8) is 0 Å². The monoisotopic (exact) mass is 498 g/mol. The summed E-state index contributed by atoms with van der Waals surface area (Å²) in [6.45, 7) is 9.04. The van der Waals surface area contributed by atoms with Crippen LogP contribution in [0, 0.1) is 20.8 Å². The lowest BCUT2D eigenvalue weighted by Crippen LogP contribution is -2.54. The van der Waals surface area contributed by atoms with Gasteiger partial charge in [0.15, 0.2) is 5.13 Å². The predicted octanol–water partition coefficient (Wildman–Crippen LogP) is 3.72. The molecule has 34 heavy (non-hydrogen) atoms. The van der Waals surface area contributed by atoms with E-state index in [-0.39, 0.29) is 10.8 Å². The standard InChI is InChI=1S/C25H30N4O3S2/c1-17-6-10-20(11-7-17)34(31,32)29-12-4-5-21(29)24(30)27-13-15-28(16-14-27)25-26-22-18(2)8-9-19(3)23(22)33-25/h6-11,21H,4-5,12-16H2,1-3H3. The highest BCUT2D eigenvalue weighted by molar-refractivity contribution is 7.89. The van der Waals surface area contributed by atoms with Crippen LogP contribution in [0.5, 0.6) is 0 Å². The molecular formula is C25H30N4O3S2. The number of piperazine rings is 1. The van der Waals surface area contributed by atoms with Crippen molar-refractivity contribution in [3.05, 3.63) is 53.1 Å². The Balaban J connectivity index is 1.28. The molecule has 0 N–H and O–H groups in total. The van der Waals surface area contributed by atoms with Gasteiger partial charge in [0.05, 0.1) is 15.1 Å². The van der Waals surface area contributed by atoms with E-state index in [1.807, 2.05) is 11.8 Å². The molecule has 1 atom stereocenters. The molecule has 0 spiro atoms. The fraction of sp³-hybridized carbons (Fsp3) is 0.440. The molecule has 9 heteroatoms. The third-order valence-electron chi connectivity index (χ3n) is 6.91. The second-order valence-corrected chi connectivity index (χ2v) is 12.1. The molecule has 2 aromatic carbocycles. The summed E-state index contributed by atoms with van der Waals surface area (Å²) in [6.07, 6.45) is 1.27. The van der Waals surface area contributed by atoms with Crippen LogP contribution in [0.25, 0.3) is 10.2 Å². The Hall–Kier alpha value is -2.49. The topological polar surface area (TPSA) is 73.8 Å². The molecule has 5 rings (SSSR count). The van der Waals surface area contributed by atoms with Gasteiger partial charge in [0, 0.05) is 32.7 Å². The fourth-order valence-electron chi connectivity index (χ4n) is 4.83. The summed E-state index contributed by atoms with van der Waals surface area (Å²) < 4.78 is 29.1. The molecule has 1 amide bonds. The first kappa shape index (κ1) is 23.3. The van der Waals surface area contributed by atoms with Crippen LogP contribution in [0.2, 0.25) is 0 Å². The van der Waals surface area contributed by atoms with Gasteiger partial charge in [-0.3, -0.25) is 4.79 Å². The molecule has 3 aromatic rings. The highest BCUT2D eigenvalue weighted by Gasteiger charge is 2.41. The Bertz CT molecular complexity index is 1290. The van der Waals surface area contributed by atoms with Crippen molar-refractivity contribution in [2.24, 2.45) is 0 Å². The van der Waals surface area contributed by atoms with Gasteiger partial charge in [-0.15, -0.1) is 0 Å². The minimum Gasteiger partial charge on any atom is -0.345 e. The normalized spacial score (nSPS) is 19.8. The van der Waals surface area contributed by atoms with E-state index in [0.29, 0.717) is 45.6 Å². The number of anilines is 1. The molecule has 0 bridgehead atoms. The molecule has 2 fully saturated rings. The quantitative estimate of drug-likeness (QED) is 0.548. The number of fused-ring (bicyclic) bond motifs is 1. The zero-order valence-electron chi connectivity index (χ0n) is 19.8. The van der Waals surface area contributed by atoms with Crippen molar-refractivity contribution in [1.82, 2.24) is 14.2 Å². The molecule has 7 nitrogen and oxygen atoms in total. The summed E-state index contributed by atoms with van der Waals surface area (Å²) in [5, 5.41) is 0.990. The van der Waals surface area contributed by atoms with E-state index in [1.54, 1.807) is 35.6 Å². The van der Waals surface area contributed by atoms with E-state index >= 15 is 0 Å². The Morgan fingerprint density at radius 3 is 2.29 bits per heavy atom. The number of benzene rings is 2. The third kappa shape index (κ3) is 4.10. The molecule has 2 aliphatic rings. The number of rotatable bonds is 4. The molecule has 2 aliphatic heterocycles. The molecule has 1 aromatic heterocycles. The Labute approximate surface area is 205 Å². The van der Waals surface area contributed by atoms with E-state index < -0.39 is 16.1 Å². The Morgan fingerprint density at radius 1 is 0.941 bits per heavy atom. The maximum atomic E-state index is 13.4. The number of aryl methyl sites for hydroxylation is 3. The zero-order valence-corrected chi connectivity index (χ0v) is 21.5. The molecule has 2 saturated heterocycles. The maximum absolute atomic E-state index is 13.4. The third-order valence-corrected chi connectivity index (χ3v) is 10.1. The van der Waals surface area contributed by atoms with Crippen molar-refractivity contribution < 1.29 is 13.2 Å². The van der Waals surface area contributed by atoms with Gasteiger partial charge >= 0.3 is 0 Å². The van der Waals surface area contributed by atoms with Crippen LogP contribution in [-0.4, -0.2) is 67.3 Å². The van der Waals surface area contributed by atoms with E-state index in [4.69, 9.17) is 4.98 Å². The van der Waals surface area contributed by atoms with Crippen molar-refractivity contribution in [2.75, 3.05) is 37.6 Å². The van der Waals surface area contributed by atoms with Gasteiger partial charge in [0.1, 0.15) is 6.04 Å². The summed E-state index contributed by atoms with van der Waals surface area (Å²) in [5.74, 6) is -0.0798. The molecular weight excluding hydrogens is 468 g/mol. The van der Waals surface area contributed by atoms with Crippen LogP contribution in [0.15, 0.2) is 41.3 Å². The average Bonchev–Trinajstić information content (AvgIpc) is 3.50. The first-order valence-electron chi connectivity index (χ1n) is 11.7. The number of carbonyl (C=O) groups is 1. The number of hydrogen-bond acceptors (Lipinski definition) is 6. The molecule has 3 heterocycles. The number of sulfonamides is 1. The molecule has 0 saturated carbocycles. The SMILES string of the molecule is Cc1ccc(S(=O)(=O)N2CCCC2C(=O)N2CCN(c3nc4c(C)ccc(C)c4s3)CC2)cc1. The molecule has 0 aliphatic carbocycles. The highest BCUT2D eigenvalue weighted by Crippen LogP contribution is 2.34. The Kier molecular flexibility index (Phi) is 6.12. The molecule has 180 valence electrons. The Morgan fingerprint density at radius 2 is 1.62 bits per heavy atom. The van der Waals surface area contributed by atoms with Crippen LogP contribution >= 0.6 is 11.3 Å².